The van der Waals surface area contributed by atoms with E-state index in [0.717, 1.165) is 31.7 Å². The molecule has 78 valence electrons. The Bertz CT molecular complexity index is 236. The largest absolute Gasteiger partial charge is 0.330 e. The molecule has 0 saturated heterocycles. The molecule has 1 rings (SSSR count). The number of nitrogens with zero attached hydrogens (tertiary/aromatic N) is 1. The first-order chi connectivity index (χ1) is 6.83. The summed E-state index contributed by atoms with van der Waals surface area (Å²) in [4.78, 5) is 4.25. The van der Waals surface area contributed by atoms with Gasteiger partial charge in [-0.15, -0.1) is 0 Å². The topological polar surface area (TPSA) is 50.9 Å². The van der Waals surface area contributed by atoms with Gasteiger partial charge < -0.3 is 11.1 Å². The van der Waals surface area contributed by atoms with Gasteiger partial charge in [0.25, 0.3) is 0 Å². The molecule has 1 unspecified atom stereocenters. The Kier molecular flexibility index (Phi) is 5.19. The summed E-state index contributed by atoms with van der Waals surface area (Å²) in [6.07, 6.45) is 2.82. The van der Waals surface area contributed by atoms with Crippen LogP contribution in [0.5, 0.6) is 0 Å². The summed E-state index contributed by atoms with van der Waals surface area (Å²) in [6.45, 7) is 4.86. The molecule has 0 aliphatic carbocycles. The van der Waals surface area contributed by atoms with E-state index in [2.05, 4.69) is 17.2 Å². The summed E-state index contributed by atoms with van der Waals surface area (Å²) in [6, 6.07) is 6.01. The van der Waals surface area contributed by atoms with E-state index in [1.807, 2.05) is 24.4 Å². The Morgan fingerprint density at radius 2 is 2.36 bits per heavy atom. The molecule has 1 heterocycles. The van der Waals surface area contributed by atoms with Crippen LogP contribution in [0.4, 0.5) is 0 Å². The van der Waals surface area contributed by atoms with Crippen LogP contribution in [0.3, 0.4) is 0 Å². The van der Waals surface area contributed by atoms with Gasteiger partial charge in [0.15, 0.2) is 0 Å². The zero-order chi connectivity index (χ0) is 10.2. The van der Waals surface area contributed by atoms with Gasteiger partial charge in [0.2, 0.25) is 0 Å². The molecule has 0 aromatic carbocycles. The molecule has 1 atom stereocenters. The van der Waals surface area contributed by atoms with Gasteiger partial charge in [-0.3, -0.25) is 4.98 Å². The number of rotatable bonds is 6. The standard InChI is InChI=1S/C11H19N3/c1-10(8-12)9-13-7-5-11-4-2-3-6-14-11/h2-4,6,10,13H,5,7-9,12H2,1H3. The third-order valence-electron chi connectivity index (χ3n) is 2.18. The smallest absolute Gasteiger partial charge is 0.0416 e. The van der Waals surface area contributed by atoms with Gasteiger partial charge in [0, 0.05) is 24.9 Å². The van der Waals surface area contributed by atoms with E-state index in [1.54, 1.807) is 0 Å². The number of aromatic nitrogens is 1. The number of nitrogens with two attached hydrogens (primary N) is 1. The number of nitrogens with one attached hydrogen (secondary N) is 1. The minimum Gasteiger partial charge on any atom is -0.330 e. The molecule has 1 aromatic heterocycles. The third kappa shape index (κ3) is 4.35. The summed E-state index contributed by atoms with van der Waals surface area (Å²) in [5.41, 5.74) is 6.65. The second-order valence-electron chi connectivity index (χ2n) is 3.62. The molecule has 0 saturated carbocycles. The van der Waals surface area contributed by atoms with E-state index >= 15 is 0 Å². The average molecular weight is 193 g/mol. The van der Waals surface area contributed by atoms with Crippen LogP contribution in [0.2, 0.25) is 0 Å². The number of pyridine rings is 1. The van der Waals surface area contributed by atoms with Crippen molar-refractivity contribution in [1.29, 1.82) is 0 Å². The van der Waals surface area contributed by atoms with Crippen LogP contribution in [-0.4, -0.2) is 24.6 Å². The first-order valence-corrected chi connectivity index (χ1v) is 5.13. The zero-order valence-corrected chi connectivity index (χ0v) is 8.74. The van der Waals surface area contributed by atoms with Gasteiger partial charge in [-0.1, -0.05) is 13.0 Å². The highest BCUT2D eigenvalue weighted by atomic mass is 14.9. The molecule has 0 amide bonds. The fourth-order valence-corrected chi connectivity index (χ4v) is 1.19. The molecule has 0 aliphatic rings. The first-order valence-electron chi connectivity index (χ1n) is 5.13. The summed E-state index contributed by atoms with van der Waals surface area (Å²) in [5, 5.41) is 3.36. The van der Waals surface area contributed by atoms with E-state index < -0.39 is 0 Å². The monoisotopic (exact) mass is 193 g/mol. The molecule has 0 spiro atoms. The first kappa shape index (κ1) is 11.1. The average Bonchev–Trinajstić information content (AvgIpc) is 2.25. The molecule has 0 aliphatic heterocycles. The van der Waals surface area contributed by atoms with Gasteiger partial charge in [0.05, 0.1) is 0 Å². The lowest BCUT2D eigenvalue weighted by Gasteiger charge is -2.09. The quantitative estimate of drug-likeness (QED) is 0.657. The Morgan fingerprint density at radius 3 is 3.00 bits per heavy atom. The van der Waals surface area contributed by atoms with E-state index in [1.165, 1.54) is 0 Å². The molecule has 3 N–H and O–H groups in total. The van der Waals surface area contributed by atoms with Gasteiger partial charge in [-0.25, -0.2) is 0 Å². The van der Waals surface area contributed by atoms with Gasteiger partial charge >= 0.3 is 0 Å². The van der Waals surface area contributed by atoms with E-state index in [9.17, 15) is 0 Å². The third-order valence-corrected chi connectivity index (χ3v) is 2.18. The SMILES string of the molecule is CC(CN)CNCCc1ccccn1. The van der Waals surface area contributed by atoms with Crippen molar-refractivity contribution in [3.8, 4) is 0 Å². The second kappa shape index (κ2) is 6.51. The Morgan fingerprint density at radius 1 is 1.50 bits per heavy atom. The Hall–Kier alpha value is -0.930. The predicted molar refractivity (Wildman–Crippen MR) is 59.0 cm³/mol. The molecule has 3 heteroatoms. The van der Waals surface area contributed by atoms with Crippen molar-refractivity contribution in [2.75, 3.05) is 19.6 Å². The fraction of sp³-hybridized carbons (Fsp3) is 0.545. The van der Waals surface area contributed by atoms with Gasteiger partial charge in [0.1, 0.15) is 0 Å². The Balaban J connectivity index is 2.10. The molecule has 14 heavy (non-hydrogen) atoms. The maximum atomic E-state index is 5.51. The van der Waals surface area contributed by atoms with Crippen molar-refractivity contribution in [1.82, 2.24) is 10.3 Å². The van der Waals surface area contributed by atoms with Crippen LogP contribution in [0, 0.1) is 5.92 Å². The predicted octanol–water partition coefficient (Wildman–Crippen LogP) is 0.808. The van der Waals surface area contributed by atoms with E-state index in [4.69, 9.17) is 5.73 Å². The molecular weight excluding hydrogens is 174 g/mol. The lowest BCUT2D eigenvalue weighted by atomic mass is 10.2. The molecular formula is C11H19N3. The summed E-state index contributed by atoms with van der Waals surface area (Å²) >= 11 is 0. The molecule has 3 nitrogen and oxygen atoms in total. The highest BCUT2D eigenvalue weighted by Gasteiger charge is 1.97. The second-order valence-corrected chi connectivity index (χ2v) is 3.62. The normalized spacial score (nSPS) is 12.7. The lowest BCUT2D eigenvalue weighted by molar-refractivity contribution is 0.523. The maximum absolute atomic E-state index is 5.51. The summed E-state index contributed by atoms with van der Waals surface area (Å²) in [7, 11) is 0. The van der Waals surface area contributed by atoms with Crippen molar-refractivity contribution >= 4 is 0 Å². The van der Waals surface area contributed by atoms with E-state index in [0.29, 0.717) is 5.92 Å². The Labute approximate surface area is 85.7 Å². The van der Waals surface area contributed by atoms with Crippen molar-refractivity contribution < 1.29 is 0 Å². The minimum absolute atomic E-state index is 0.554. The number of hydrogen-bond acceptors (Lipinski definition) is 3. The highest BCUT2D eigenvalue weighted by Crippen LogP contribution is 1.93. The zero-order valence-electron chi connectivity index (χ0n) is 8.74. The van der Waals surface area contributed by atoms with Crippen molar-refractivity contribution in [2.45, 2.75) is 13.3 Å². The van der Waals surface area contributed by atoms with Gasteiger partial charge in [-0.2, -0.15) is 0 Å². The van der Waals surface area contributed by atoms with Crippen LogP contribution < -0.4 is 11.1 Å². The lowest BCUT2D eigenvalue weighted by Crippen LogP contribution is -2.27. The fourth-order valence-electron chi connectivity index (χ4n) is 1.19. The molecule has 0 radical (unpaired) electrons. The number of hydrogen-bond donors (Lipinski definition) is 2. The molecule has 1 aromatic rings. The van der Waals surface area contributed by atoms with Crippen LogP contribution in [0.15, 0.2) is 24.4 Å². The van der Waals surface area contributed by atoms with E-state index in [-0.39, 0.29) is 0 Å². The van der Waals surface area contributed by atoms with Crippen molar-refractivity contribution in [2.24, 2.45) is 11.7 Å². The molecule has 0 fully saturated rings. The van der Waals surface area contributed by atoms with Crippen molar-refractivity contribution in [3.05, 3.63) is 30.1 Å². The van der Waals surface area contributed by atoms with Crippen LogP contribution in [0.25, 0.3) is 0 Å². The van der Waals surface area contributed by atoms with Crippen molar-refractivity contribution in [3.63, 3.8) is 0 Å². The summed E-state index contributed by atoms with van der Waals surface area (Å²) < 4.78 is 0. The molecule has 0 bridgehead atoms. The van der Waals surface area contributed by atoms with Crippen LogP contribution in [0.1, 0.15) is 12.6 Å². The minimum atomic E-state index is 0.554. The van der Waals surface area contributed by atoms with Crippen LogP contribution >= 0.6 is 0 Å². The highest BCUT2D eigenvalue weighted by molar-refractivity contribution is 5.03. The summed E-state index contributed by atoms with van der Waals surface area (Å²) in [5.74, 6) is 0.554. The maximum Gasteiger partial charge on any atom is 0.0416 e. The van der Waals surface area contributed by atoms with Crippen LogP contribution in [-0.2, 0) is 6.42 Å². The van der Waals surface area contributed by atoms with Gasteiger partial charge in [-0.05, 0) is 31.1 Å².